The van der Waals surface area contributed by atoms with E-state index >= 15 is 0 Å². The molecular weight excluding hydrogens is 274 g/mol. The predicted molar refractivity (Wildman–Crippen MR) is 77.5 cm³/mol. The summed E-state index contributed by atoms with van der Waals surface area (Å²) in [5.74, 6) is 0.268. The summed E-state index contributed by atoms with van der Waals surface area (Å²) in [5.41, 5.74) is 0.0209. The van der Waals surface area contributed by atoms with Crippen LogP contribution in [0, 0.1) is 16.0 Å². The molecule has 0 saturated carbocycles. The van der Waals surface area contributed by atoms with Crippen molar-refractivity contribution in [1.29, 1.82) is 0 Å². The van der Waals surface area contributed by atoms with Gasteiger partial charge in [0.2, 0.25) is 5.82 Å². The summed E-state index contributed by atoms with van der Waals surface area (Å²) >= 11 is 0. The molecule has 1 aliphatic heterocycles. The molecule has 0 aliphatic carbocycles. The number of anilines is 1. The van der Waals surface area contributed by atoms with Crippen LogP contribution in [0.4, 0.5) is 11.5 Å². The molecule has 1 aliphatic rings. The second-order valence-electron chi connectivity index (χ2n) is 5.31. The van der Waals surface area contributed by atoms with E-state index < -0.39 is 10.9 Å². The highest BCUT2D eigenvalue weighted by Crippen LogP contribution is 2.29. The van der Waals surface area contributed by atoms with Crippen molar-refractivity contribution in [3.63, 3.8) is 0 Å². The highest BCUT2D eigenvalue weighted by molar-refractivity contribution is 5.88. The number of hydrogen-bond acceptors (Lipinski definition) is 6. The van der Waals surface area contributed by atoms with E-state index in [1.807, 2.05) is 4.90 Å². The van der Waals surface area contributed by atoms with Crippen molar-refractivity contribution in [3.8, 4) is 0 Å². The summed E-state index contributed by atoms with van der Waals surface area (Å²) in [6.07, 6.45) is 3.02. The van der Waals surface area contributed by atoms with E-state index in [4.69, 9.17) is 0 Å². The zero-order chi connectivity index (χ0) is 15.4. The molecule has 0 N–H and O–H groups in total. The lowest BCUT2D eigenvalue weighted by Crippen LogP contribution is -2.26. The fourth-order valence-corrected chi connectivity index (χ4v) is 2.51. The quantitative estimate of drug-likeness (QED) is 0.483. The normalized spacial score (nSPS) is 19.0. The number of carbonyl (C=O) groups is 1. The second kappa shape index (κ2) is 6.51. The van der Waals surface area contributed by atoms with Crippen LogP contribution in [0.2, 0.25) is 0 Å². The number of nitro groups is 1. The Balaban J connectivity index is 2.38. The average molecular weight is 293 g/mol. The third-order valence-electron chi connectivity index (χ3n) is 3.76. The Kier molecular flexibility index (Phi) is 4.72. The topological polar surface area (TPSA) is 85.6 Å². The molecule has 2 rings (SSSR count). The Bertz CT molecular complexity index is 547. The zero-order valence-corrected chi connectivity index (χ0v) is 12.2. The van der Waals surface area contributed by atoms with E-state index in [-0.39, 0.29) is 17.2 Å². The van der Waals surface area contributed by atoms with Crippen molar-refractivity contribution in [2.24, 2.45) is 5.92 Å². The van der Waals surface area contributed by atoms with Gasteiger partial charge >= 0.3 is 11.7 Å². The third kappa shape index (κ3) is 3.48. The highest BCUT2D eigenvalue weighted by atomic mass is 16.6. The van der Waals surface area contributed by atoms with E-state index in [1.54, 1.807) is 0 Å². The van der Waals surface area contributed by atoms with Crippen LogP contribution in [-0.2, 0) is 4.74 Å². The van der Waals surface area contributed by atoms with Crippen LogP contribution >= 0.6 is 0 Å². The fraction of sp³-hybridized carbons (Fsp3) is 0.571. The second-order valence-corrected chi connectivity index (χ2v) is 5.31. The molecule has 21 heavy (non-hydrogen) atoms. The van der Waals surface area contributed by atoms with E-state index in [0.717, 1.165) is 19.3 Å². The maximum Gasteiger partial charge on any atom is 0.356 e. The van der Waals surface area contributed by atoms with Gasteiger partial charge in [-0.1, -0.05) is 6.92 Å². The first kappa shape index (κ1) is 15.2. The van der Waals surface area contributed by atoms with E-state index in [0.29, 0.717) is 19.0 Å². The van der Waals surface area contributed by atoms with E-state index in [2.05, 4.69) is 16.6 Å². The molecule has 0 bridgehead atoms. The molecule has 0 amide bonds. The van der Waals surface area contributed by atoms with Gasteiger partial charge in [0.15, 0.2) is 5.69 Å². The molecule has 1 atom stereocenters. The first-order valence-electron chi connectivity index (χ1n) is 7.01. The Morgan fingerprint density at radius 2 is 2.19 bits per heavy atom. The average Bonchev–Trinajstić information content (AvgIpc) is 2.70. The SMILES string of the molecule is COC(=O)c1ccc([N+](=O)[O-])c(N2CCCC(C)CC2)n1. The molecule has 1 aromatic rings. The van der Waals surface area contributed by atoms with Crippen LogP contribution in [0.25, 0.3) is 0 Å². The van der Waals surface area contributed by atoms with Gasteiger partial charge in [0, 0.05) is 19.2 Å². The summed E-state index contributed by atoms with van der Waals surface area (Å²) < 4.78 is 4.63. The summed E-state index contributed by atoms with van der Waals surface area (Å²) in [4.78, 5) is 28.4. The van der Waals surface area contributed by atoms with Crippen LogP contribution in [0.15, 0.2) is 12.1 Å². The van der Waals surface area contributed by atoms with Gasteiger partial charge in [-0.15, -0.1) is 0 Å². The molecule has 1 fully saturated rings. The lowest BCUT2D eigenvalue weighted by atomic mass is 10.0. The standard InChI is InChI=1S/C14H19N3O4/c1-10-4-3-8-16(9-7-10)13-12(17(19)20)6-5-11(15-13)14(18)21-2/h5-6,10H,3-4,7-9H2,1-2H3. The molecule has 1 aromatic heterocycles. The first-order valence-corrected chi connectivity index (χ1v) is 7.01. The van der Waals surface area contributed by atoms with Gasteiger partial charge in [-0.05, 0) is 31.2 Å². The molecular formula is C14H19N3O4. The molecule has 0 aromatic carbocycles. The molecule has 0 spiro atoms. The highest BCUT2D eigenvalue weighted by Gasteiger charge is 2.25. The van der Waals surface area contributed by atoms with E-state index in [9.17, 15) is 14.9 Å². The predicted octanol–water partition coefficient (Wildman–Crippen LogP) is 2.40. The number of ether oxygens (including phenoxy) is 1. The largest absolute Gasteiger partial charge is 0.464 e. The Labute approximate surface area is 123 Å². The van der Waals surface area contributed by atoms with Crippen LogP contribution in [0.5, 0.6) is 0 Å². The fourth-order valence-electron chi connectivity index (χ4n) is 2.51. The van der Waals surface area contributed by atoms with Crippen molar-refractivity contribution in [2.45, 2.75) is 26.2 Å². The number of pyridine rings is 1. The Hall–Kier alpha value is -2.18. The lowest BCUT2D eigenvalue weighted by Gasteiger charge is -2.21. The minimum Gasteiger partial charge on any atom is -0.464 e. The molecule has 0 radical (unpaired) electrons. The van der Waals surface area contributed by atoms with E-state index in [1.165, 1.54) is 19.2 Å². The Morgan fingerprint density at radius 3 is 2.86 bits per heavy atom. The summed E-state index contributed by atoms with van der Waals surface area (Å²) in [7, 11) is 1.26. The molecule has 2 heterocycles. The van der Waals surface area contributed by atoms with Crippen molar-refractivity contribution in [3.05, 3.63) is 27.9 Å². The zero-order valence-electron chi connectivity index (χ0n) is 12.2. The number of methoxy groups -OCH3 is 1. The molecule has 7 nitrogen and oxygen atoms in total. The maximum absolute atomic E-state index is 11.6. The number of carbonyl (C=O) groups excluding carboxylic acids is 1. The van der Waals surface area contributed by atoms with Gasteiger partial charge in [0.05, 0.1) is 12.0 Å². The molecule has 7 heteroatoms. The van der Waals surface area contributed by atoms with Crippen molar-refractivity contribution >= 4 is 17.5 Å². The van der Waals surface area contributed by atoms with Crippen LogP contribution in [0.1, 0.15) is 36.7 Å². The van der Waals surface area contributed by atoms with Crippen molar-refractivity contribution < 1.29 is 14.5 Å². The summed E-state index contributed by atoms with van der Waals surface area (Å²) in [6.45, 7) is 3.60. The van der Waals surface area contributed by atoms with Gasteiger partial charge in [-0.2, -0.15) is 0 Å². The first-order chi connectivity index (χ1) is 10.0. The maximum atomic E-state index is 11.6. The van der Waals surface area contributed by atoms with Crippen LogP contribution in [0.3, 0.4) is 0 Å². The van der Waals surface area contributed by atoms with Crippen molar-refractivity contribution in [2.75, 3.05) is 25.1 Å². The summed E-state index contributed by atoms with van der Waals surface area (Å²) in [5, 5.41) is 11.2. The Morgan fingerprint density at radius 1 is 1.43 bits per heavy atom. The summed E-state index contributed by atoms with van der Waals surface area (Å²) in [6, 6.07) is 2.65. The van der Waals surface area contributed by atoms with Gasteiger partial charge in [-0.25, -0.2) is 9.78 Å². The number of hydrogen-bond donors (Lipinski definition) is 0. The third-order valence-corrected chi connectivity index (χ3v) is 3.76. The van der Waals surface area contributed by atoms with Gasteiger partial charge < -0.3 is 9.64 Å². The lowest BCUT2D eigenvalue weighted by molar-refractivity contribution is -0.384. The minimum absolute atomic E-state index is 0.0720. The number of aromatic nitrogens is 1. The molecule has 1 saturated heterocycles. The van der Waals surface area contributed by atoms with Crippen LogP contribution < -0.4 is 4.90 Å². The smallest absolute Gasteiger partial charge is 0.356 e. The molecule has 114 valence electrons. The van der Waals surface area contributed by atoms with Crippen molar-refractivity contribution in [1.82, 2.24) is 4.98 Å². The minimum atomic E-state index is -0.589. The monoisotopic (exact) mass is 293 g/mol. The number of rotatable bonds is 3. The van der Waals surface area contributed by atoms with Gasteiger partial charge in [0.25, 0.3) is 0 Å². The number of esters is 1. The van der Waals surface area contributed by atoms with Crippen LogP contribution in [-0.4, -0.2) is 36.1 Å². The van der Waals surface area contributed by atoms with Gasteiger partial charge in [-0.3, -0.25) is 10.1 Å². The van der Waals surface area contributed by atoms with Gasteiger partial charge in [0.1, 0.15) is 0 Å². The number of nitrogens with zero attached hydrogens (tertiary/aromatic N) is 3. The molecule has 1 unspecified atom stereocenters.